The summed E-state index contributed by atoms with van der Waals surface area (Å²) in [6.45, 7) is 4.03. The molecule has 0 spiro atoms. The van der Waals surface area contributed by atoms with Crippen molar-refractivity contribution >= 4 is 5.91 Å². The van der Waals surface area contributed by atoms with Gasteiger partial charge in [0.25, 0.3) is 0 Å². The topological polar surface area (TPSA) is 47.6 Å². The standard InChI is InChI=1S/C27H25NO3/c1-19(28-20(2)29)26-17-24-13-10-22(16-27(24)31-26)9-8-21-11-14-25(15-12-21)30-18-23-6-4-3-5-7-23/h3-7,10-16,19,26H,17-18H2,1-2H3,(H,28,29)/t19-,26-/m1/s1. The van der Waals surface area contributed by atoms with Crippen LogP contribution in [0.15, 0.2) is 72.8 Å². The third kappa shape index (κ3) is 5.46. The lowest BCUT2D eigenvalue weighted by atomic mass is 10.0. The molecular formula is C27H25NO3. The molecule has 0 fully saturated rings. The van der Waals surface area contributed by atoms with Crippen LogP contribution in [0.5, 0.6) is 11.5 Å². The third-order valence-electron chi connectivity index (χ3n) is 5.21. The van der Waals surface area contributed by atoms with E-state index in [0.29, 0.717) is 6.61 Å². The van der Waals surface area contributed by atoms with Gasteiger partial charge in [0, 0.05) is 24.5 Å². The molecule has 2 atom stereocenters. The van der Waals surface area contributed by atoms with Crippen molar-refractivity contribution in [3.8, 4) is 23.3 Å². The molecule has 156 valence electrons. The van der Waals surface area contributed by atoms with Crippen LogP contribution in [0.3, 0.4) is 0 Å². The minimum absolute atomic E-state index is 0.0398. The number of carbonyl (C=O) groups excluding carboxylic acids is 1. The summed E-state index contributed by atoms with van der Waals surface area (Å²) in [5, 5.41) is 2.90. The fraction of sp³-hybridized carbons (Fsp3) is 0.222. The lowest BCUT2D eigenvalue weighted by Gasteiger charge is -2.19. The van der Waals surface area contributed by atoms with Gasteiger partial charge in [0.1, 0.15) is 24.2 Å². The Bertz CT molecular complexity index is 1110. The second kappa shape index (κ2) is 9.40. The maximum atomic E-state index is 11.3. The Hall–Kier alpha value is -3.71. The highest BCUT2D eigenvalue weighted by Crippen LogP contribution is 2.31. The maximum absolute atomic E-state index is 11.3. The van der Waals surface area contributed by atoms with Crippen LogP contribution in [0.4, 0.5) is 0 Å². The molecule has 3 aromatic rings. The zero-order valence-electron chi connectivity index (χ0n) is 17.7. The number of carbonyl (C=O) groups is 1. The van der Waals surface area contributed by atoms with Crippen molar-refractivity contribution in [1.29, 1.82) is 0 Å². The van der Waals surface area contributed by atoms with Crippen molar-refractivity contribution in [2.75, 3.05) is 0 Å². The molecule has 4 heteroatoms. The molecule has 0 unspecified atom stereocenters. The summed E-state index contributed by atoms with van der Waals surface area (Å²) < 4.78 is 11.9. The summed E-state index contributed by atoms with van der Waals surface area (Å²) in [5.74, 6) is 8.02. The molecule has 0 saturated carbocycles. The van der Waals surface area contributed by atoms with E-state index in [1.165, 1.54) is 6.92 Å². The van der Waals surface area contributed by atoms with Gasteiger partial charge in [0.15, 0.2) is 0 Å². The molecule has 0 radical (unpaired) electrons. The first-order chi connectivity index (χ1) is 15.1. The van der Waals surface area contributed by atoms with E-state index in [1.54, 1.807) is 0 Å². The molecule has 0 aliphatic carbocycles. The van der Waals surface area contributed by atoms with Gasteiger partial charge in [-0.15, -0.1) is 0 Å². The SMILES string of the molecule is CC(=O)N[C@H](C)[C@H]1Cc2ccc(C#Cc3ccc(OCc4ccccc4)cc3)cc2O1. The molecule has 4 rings (SSSR count). The van der Waals surface area contributed by atoms with E-state index >= 15 is 0 Å². The van der Waals surface area contributed by atoms with Gasteiger partial charge in [-0.25, -0.2) is 0 Å². The van der Waals surface area contributed by atoms with E-state index in [0.717, 1.165) is 40.2 Å². The minimum atomic E-state index is -0.0504. The molecule has 1 N–H and O–H groups in total. The molecule has 0 bridgehead atoms. The van der Waals surface area contributed by atoms with E-state index in [4.69, 9.17) is 9.47 Å². The highest BCUT2D eigenvalue weighted by Gasteiger charge is 2.28. The van der Waals surface area contributed by atoms with Crippen LogP contribution < -0.4 is 14.8 Å². The Morgan fingerprint density at radius 2 is 1.77 bits per heavy atom. The molecular weight excluding hydrogens is 386 g/mol. The second-order valence-corrected chi connectivity index (χ2v) is 7.72. The molecule has 3 aromatic carbocycles. The lowest BCUT2D eigenvalue weighted by molar-refractivity contribution is -0.120. The van der Waals surface area contributed by atoms with Crippen molar-refractivity contribution in [3.63, 3.8) is 0 Å². The maximum Gasteiger partial charge on any atom is 0.217 e. The van der Waals surface area contributed by atoms with Crippen LogP contribution in [-0.2, 0) is 17.8 Å². The smallest absolute Gasteiger partial charge is 0.217 e. The monoisotopic (exact) mass is 411 g/mol. The van der Waals surface area contributed by atoms with Crippen molar-refractivity contribution in [2.24, 2.45) is 0 Å². The summed E-state index contributed by atoms with van der Waals surface area (Å²) in [5.41, 5.74) is 4.10. The number of amides is 1. The van der Waals surface area contributed by atoms with Gasteiger partial charge in [-0.1, -0.05) is 48.2 Å². The number of benzene rings is 3. The summed E-state index contributed by atoms with van der Waals surface area (Å²) >= 11 is 0. The van der Waals surface area contributed by atoms with Gasteiger partial charge < -0.3 is 14.8 Å². The number of fused-ring (bicyclic) bond motifs is 1. The number of ether oxygens (including phenoxy) is 2. The average Bonchev–Trinajstić information content (AvgIpc) is 3.21. The van der Waals surface area contributed by atoms with E-state index in [9.17, 15) is 4.79 Å². The fourth-order valence-electron chi connectivity index (χ4n) is 3.54. The third-order valence-corrected chi connectivity index (χ3v) is 5.21. The van der Waals surface area contributed by atoms with Crippen LogP contribution >= 0.6 is 0 Å². The second-order valence-electron chi connectivity index (χ2n) is 7.72. The van der Waals surface area contributed by atoms with Crippen LogP contribution in [0.2, 0.25) is 0 Å². The van der Waals surface area contributed by atoms with Gasteiger partial charge in [0.2, 0.25) is 5.91 Å². The molecule has 1 aliphatic heterocycles. The molecule has 31 heavy (non-hydrogen) atoms. The zero-order chi connectivity index (χ0) is 21.6. The largest absolute Gasteiger partial charge is 0.489 e. The molecule has 1 amide bonds. The summed E-state index contributed by atoms with van der Waals surface area (Å²) in [6.07, 6.45) is 0.736. The van der Waals surface area contributed by atoms with Crippen LogP contribution in [0.1, 0.15) is 36.1 Å². The van der Waals surface area contributed by atoms with Gasteiger partial charge in [-0.2, -0.15) is 0 Å². The quantitative estimate of drug-likeness (QED) is 0.629. The number of nitrogens with one attached hydrogen (secondary N) is 1. The fourth-order valence-corrected chi connectivity index (χ4v) is 3.54. The minimum Gasteiger partial charge on any atom is -0.489 e. The Morgan fingerprint density at radius 3 is 2.52 bits per heavy atom. The molecule has 4 nitrogen and oxygen atoms in total. The van der Waals surface area contributed by atoms with Gasteiger partial charge in [-0.05, 0) is 54.4 Å². The Kier molecular flexibility index (Phi) is 6.24. The normalized spacial score (nSPS) is 15.1. The molecule has 0 aromatic heterocycles. The van der Waals surface area contributed by atoms with Crippen LogP contribution in [0, 0.1) is 11.8 Å². The average molecular weight is 412 g/mol. The summed E-state index contributed by atoms with van der Waals surface area (Å²) in [4.78, 5) is 11.3. The van der Waals surface area contributed by atoms with Gasteiger partial charge in [-0.3, -0.25) is 4.79 Å². The number of hydrogen-bond acceptors (Lipinski definition) is 3. The number of rotatable bonds is 5. The van der Waals surface area contributed by atoms with Crippen molar-refractivity contribution < 1.29 is 14.3 Å². The van der Waals surface area contributed by atoms with Gasteiger partial charge in [0.05, 0.1) is 6.04 Å². The predicted octanol–water partition coefficient (Wildman–Crippen LogP) is 4.49. The van der Waals surface area contributed by atoms with Crippen molar-refractivity contribution in [2.45, 2.75) is 39.0 Å². The van der Waals surface area contributed by atoms with E-state index in [1.807, 2.05) is 73.7 Å². The Labute approximate surface area is 183 Å². The van der Waals surface area contributed by atoms with Crippen LogP contribution in [0.25, 0.3) is 0 Å². The highest BCUT2D eigenvalue weighted by atomic mass is 16.5. The molecule has 1 heterocycles. The first-order valence-electron chi connectivity index (χ1n) is 10.4. The number of hydrogen-bond donors (Lipinski definition) is 1. The van der Waals surface area contributed by atoms with Gasteiger partial charge >= 0.3 is 0 Å². The molecule has 0 saturated heterocycles. The Morgan fingerprint density at radius 1 is 1.06 bits per heavy atom. The van der Waals surface area contributed by atoms with E-state index in [2.05, 4.69) is 23.2 Å². The first-order valence-corrected chi connectivity index (χ1v) is 10.4. The van der Waals surface area contributed by atoms with Crippen LogP contribution in [-0.4, -0.2) is 18.1 Å². The van der Waals surface area contributed by atoms with Crippen molar-refractivity contribution in [1.82, 2.24) is 5.32 Å². The predicted molar refractivity (Wildman–Crippen MR) is 121 cm³/mol. The first kappa shape index (κ1) is 20.6. The lowest BCUT2D eigenvalue weighted by Crippen LogP contribution is -2.42. The van der Waals surface area contributed by atoms with E-state index < -0.39 is 0 Å². The zero-order valence-corrected chi connectivity index (χ0v) is 17.7. The summed E-state index contributed by atoms with van der Waals surface area (Å²) in [6, 6.07) is 23.9. The Balaban J connectivity index is 1.37. The molecule has 1 aliphatic rings. The summed E-state index contributed by atoms with van der Waals surface area (Å²) in [7, 11) is 0. The van der Waals surface area contributed by atoms with Crippen molar-refractivity contribution in [3.05, 3.63) is 95.1 Å². The van der Waals surface area contributed by atoms with E-state index in [-0.39, 0.29) is 18.1 Å². The highest BCUT2D eigenvalue weighted by molar-refractivity contribution is 5.73.